The van der Waals surface area contributed by atoms with Crippen LogP contribution in [0.2, 0.25) is 0 Å². The van der Waals surface area contributed by atoms with E-state index in [0.29, 0.717) is 43.1 Å². The van der Waals surface area contributed by atoms with Crippen LogP contribution < -0.4 is 10.5 Å². The molecule has 204 valence electrons. The number of benzene rings is 2. The highest BCUT2D eigenvalue weighted by Gasteiger charge is 2.11. The molecule has 10 nitrogen and oxygen atoms in total. The number of nitrogen functional groups attached to an aromatic ring is 1. The van der Waals surface area contributed by atoms with E-state index in [1.807, 2.05) is 36.5 Å². The maximum atomic E-state index is 11.3. The van der Waals surface area contributed by atoms with E-state index in [1.54, 1.807) is 0 Å². The molecule has 0 aliphatic rings. The number of amides is 1. The van der Waals surface area contributed by atoms with Crippen LogP contribution in [0.3, 0.4) is 0 Å². The molecule has 0 aliphatic heterocycles. The molecule has 2 aromatic heterocycles. The van der Waals surface area contributed by atoms with Gasteiger partial charge in [0.2, 0.25) is 0 Å². The van der Waals surface area contributed by atoms with Crippen molar-refractivity contribution in [2.45, 2.75) is 32.6 Å². The maximum absolute atomic E-state index is 11.3. The molecule has 0 bridgehead atoms. The van der Waals surface area contributed by atoms with Crippen LogP contribution in [0.15, 0.2) is 53.8 Å². The topological polar surface area (TPSA) is 157 Å². The molecule has 4 aromatic rings. The van der Waals surface area contributed by atoms with Gasteiger partial charge in [0.05, 0.1) is 18.7 Å². The summed E-state index contributed by atoms with van der Waals surface area (Å²) in [6.45, 7) is 3.12. The first-order valence-corrected chi connectivity index (χ1v) is 14.1. The Morgan fingerprint density at radius 3 is 2.62 bits per heavy atom. The number of carbonyl (C=O) groups excluding carboxylic acids is 1. The molecule has 0 radical (unpaired) electrons. The van der Waals surface area contributed by atoms with Crippen molar-refractivity contribution < 1.29 is 24.1 Å². The van der Waals surface area contributed by atoms with Gasteiger partial charge >= 0.3 is 0 Å². The van der Waals surface area contributed by atoms with Gasteiger partial charge in [-0.2, -0.15) is 0 Å². The van der Waals surface area contributed by atoms with Crippen molar-refractivity contribution in [1.29, 1.82) is 0 Å². The van der Waals surface area contributed by atoms with Crippen LogP contribution in [0.4, 0.5) is 5.82 Å². The number of nitrogens with zero attached hydrogens (tertiary/aromatic N) is 3. The number of rotatable bonds is 13. The lowest BCUT2D eigenvalue weighted by Gasteiger charge is -2.12. The Kier molecular flexibility index (Phi) is 9.84. The second kappa shape index (κ2) is 13.5. The molecule has 0 unspecified atom stereocenters. The largest absolute Gasteiger partial charge is 0.491 e. The molecule has 1 amide bonds. The molecule has 2 aromatic carbocycles. The van der Waals surface area contributed by atoms with Crippen molar-refractivity contribution in [3.05, 3.63) is 75.8 Å². The van der Waals surface area contributed by atoms with E-state index in [1.165, 1.54) is 5.56 Å². The zero-order valence-corrected chi connectivity index (χ0v) is 22.6. The molecule has 4 N–H and O–H groups in total. The second-order valence-electron chi connectivity index (χ2n) is 9.22. The van der Waals surface area contributed by atoms with Crippen LogP contribution in [0.1, 0.15) is 28.7 Å². The number of aryl methyl sites for hydroxylation is 4. The Balaban J connectivity index is 1.42. The Hall–Kier alpha value is -3.56. The summed E-state index contributed by atoms with van der Waals surface area (Å²) in [5.74, 6) is 0.435. The van der Waals surface area contributed by atoms with Crippen LogP contribution >= 0.6 is 8.38 Å². The lowest BCUT2D eigenvalue weighted by atomic mass is 9.99. The molecule has 0 saturated heterocycles. The smallest absolute Gasteiger partial charge is 0.286 e. The van der Waals surface area contributed by atoms with Gasteiger partial charge in [0, 0.05) is 34.7 Å². The molecule has 39 heavy (non-hydrogen) atoms. The Morgan fingerprint density at radius 2 is 1.85 bits per heavy atom. The zero-order chi connectivity index (χ0) is 27.8. The van der Waals surface area contributed by atoms with Crippen molar-refractivity contribution in [3.63, 3.8) is 0 Å². The minimum atomic E-state index is -1.92. The molecule has 0 spiro atoms. The molecular weight excluding hydrogens is 519 g/mol. The summed E-state index contributed by atoms with van der Waals surface area (Å²) < 4.78 is 11.1. The van der Waals surface area contributed by atoms with Crippen LogP contribution in [-0.4, -0.2) is 51.6 Å². The molecule has 2 heterocycles. The fraction of sp³-hybridized carbons (Fsp3) is 0.321. The Morgan fingerprint density at radius 1 is 1.00 bits per heavy atom. The molecular formula is C28H31N4O6P. The van der Waals surface area contributed by atoms with Gasteiger partial charge in [0.25, 0.3) is 5.91 Å². The number of nitroso groups, excluding NO2 is 1. The Labute approximate surface area is 227 Å². The van der Waals surface area contributed by atoms with Crippen molar-refractivity contribution in [1.82, 2.24) is 9.97 Å². The monoisotopic (exact) mass is 550 g/mol. The highest BCUT2D eigenvalue weighted by Crippen LogP contribution is 2.29. The first-order chi connectivity index (χ1) is 18.8. The van der Waals surface area contributed by atoms with Crippen LogP contribution in [0.25, 0.3) is 21.8 Å². The van der Waals surface area contributed by atoms with E-state index in [-0.39, 0.29) is 12.6 Å². The minimum absolute atomic E-state index is 0.0580. The summed E-state index contributed by atoms with van der Waals surface area (Å²) in [6, 6.07) is 13.9. The number of fused-ring (bicyclic) bond motifs is 3. The predicted octanol–water partition coefficient (Wildman–Crippen LogP) is 4.38. The number of pyridine rings is 2. The van der Waals surface area contributed by atoms with Crippen molar-refractivity contribution >= 4 is 41.9 Å². The highest BCUT2D eigenvalue weighted by molar-refractivity contribution is 7.45. The molecule has 4 rings (SSSR count). The third kappa shape index (κ3) is 7.74. The standard InChI is InChI=1S/C28H31N4O6P/c1-18-14-22(38-11-10-37-12-13-39(35)36)7-6-21(18)5-2-20-15-24-23-8-3-19(4-9-26(33)32-34)16-25(23)31-28(29)27(24)30-17-20/h3,6-8,14-17,35-36H,2,4-5,9-13H2,1H3,(H2,29,31). The lowest BCUT2D eigenvalue weighted by molar-refractivity contribution is -0.117. The average Bonchev–Trinajstić information content (AvgIpc) is 2.92. The van der Waals surface area contributed by atoms with Gasteiger partial charge in [-0.15, -0.1) is 4.91 Å². The van der Waals surface area contributed by atoms with Gasteiger partial charge in [-0.1, -0.05) is 18.2 Å². The average molecular weight is 551 g/mol. The van der Waals surface area contributed by atoms with Crippen LogP contribution in [0.5, 0.6) is 5.75 Å². The van der Waals surface area contributed by atoms with Gasteiger partial charge in [0.1, 0.15) is 17.9 Å². The number of ether oxygens (including phenoxy) is 2. The number of carbonyl (C=O) groups is 1. The highest BCUT2D eigenvalue weighted by atomic mass is 31.2. The normalized spacial score (nSPS) is 11.4. The molecule has 11 heteroatoms. The van der Waals surface area contributed by atoms with Crippen molar-refractivity contribution in [2.75, 3.05) is 31.7 Å². The summed E-state index contributed by atoms with van der Waals surface area (Å²) in [7, 11) is -1.92. The number of nitrogens with two attached hydrogens (primary N) is 1. The van der Waals surface area contributed by atoms with Crippen molar-refractivity contribution in [2.24, 2.45) is 5.18 Å². The lowest BCUT2D eigenvalue weighted by Crippen LogP contribution is -2.09. The fourth-order valence-electron chi connectivity index (χ4n) is 4.37. The van der Waals surface area contributed by atoms with Crippen molar-refractivity contribution in [3.8, 4) is 5.75 Å². The number of anilines is 1. The van der Waals surface area contributed by atoms with E-state index < -0.39 is 14.3 Å². The third-order valence-electron chi connectivity index (χ3n) is 6.44. The third-order valence-corrected chi connectivity index (χ3v) is 7.02. The summed E-state index contributed by atoms with van der Waals surface area (Å²) in [6.07, 6.45) is 4.16. The van der Waals surface area contributed by atoms with E-state index in [2.05, 4.69) is 34.2 Å². The van der Waals surface area contributed by atoms with E-state index in [0.717, 1.165) is 46.1 Å². The summed E-state index contributed by atoms with van der Waals surface area (Å²) in [5.41, 5.74) is 11.9. The van der Waals surface area contributed by atoms with Gasteiger partial charge < -0.3 is 25.0 Å². The second-order valence-corrected chi connectivity index (χ2v) is 10.4. The van der Waals surface area contributed by atoms with E-state index in [4.69, 9.17) is 25.0 Å². The first-order valence-electron chi connectivity index (χ1n) is 12.6. The molecule has 0 atom stereocenters. The van der Waals surface area contributed by atoms with Gasteiger partial charge in [0.15, 0.2) is 14.2 Å². The fourth-order valence-corrected chi connectivity index (χ4v) is 4.66. The maximum Gasteiger partial charge on any atom is 0.286 e. The van der Waals surface area contributed by atoms with Gasteiger partial charge in [-0.3, -0.25) is 9.78 Å². The van der Waals surface area contributed by atoms with Crippen LogP contribution in [-0.2, 0) is 28.8 Å². The quantitative estimate of drug-likeness (QED) is 0.0951. The van der Waals surface area contributed by atoms with Gasteiger partial charge in [-0.25, -0.2) is 4.98 Å². The summed E-state index contributed by atoms with van der Waals surface area (Å²) in [5, 5.41) is 4.29. The number of aromatic nitrogens is 2. The Bertz CT molecular complexity index is 1480. The first kappa shape index (κ1) is 28.4. The van der Waals surface area contributed by atoms with Gasteiger partial charge in [-0.05, 0) is 72.7 Å². The molecule has 0 aliphatic carbocycles. The molecule has 0 fully saturated rings. The van der Waals surface area contributed by atoms with E-state index in [9.17, 15) is 9.70 Å². The molecule has 0 saturated carbocycles. The summed E-state index contributed by atoms with van der Waals surface area (Å²) in [4.78, 5) is 48.5. The predicted molar refractivity (Wildman–Crippen MR) is 152 cm³/mol. The minimum Gasteiger partial charge on any atom is -0.491 e. The zero-order valence-electron chi connectivity index (χ0n) is 21.7. The van der Waals surface area contributed by atoms with E-state index >= 15 is 0 Å². The van der Waals surface area contributed by atoms with Crippen LogP contribution in [0, 0.1) is 11.8 Å². The number of hydrogen-bond donors (Lipinski definition) is 3. The number of hydrogen-bond acceptors (Lipinski definition) is 9. The summed E-state index contributed by atoms with van der Waals surface area (Å²) >= 11 is 0. The SMILES string of the molecule is Cc1cc(OCCOCCP(O)O)ccc1CCc1cnc2c(N)nc3cc(CCC(=O)N=O)ccc3c2c1.